The molecule has 0 aliphatic rings. The first kappa shape index (κ1) is 22.8. The molecule has 8 heteroatoms. The SMILES string of the molecule is CC[C@H]([NH3+])C(=O)NCc1ccc(OCc2ccc(C(F)(F)F)cc2)cc1.[Cl-]. The van der Waals surface area contributed by atoms with Crippen LogP contribution in [0.25, 0.3) is 0 Å². The Labute approximate surface area is 162 Å². The molecule has 148 valence electrons. The summed E-state index contributed by atoms with van der Waals surface area (Å²) in [7, 11) is 0. The van der Waals surface area contributed by atoms with Crippen molar-refractivity contribution >= 4 is 5.91 Å². The maximum atomic E-state index is 12.5. The Morgan fingerprint density at radius 1 is 1.07 bits per heavy atom. The molecule has 0 spiro atoms. The van der Waals surface area contributed by atoms with E-state index in [0.717, 1.165) is 17.7 Å². The Hall–Kier alpha value is -2.25. The molecular formula is C19H22ClF3N2O2. The monoisotopic (exact) mass is 402 g/mol. The van der Waals surface area contributed by atoms with Gasteiger partial charge in [0.2, 0.25) is 0 Å². The molecule has 0 saturated carbocycles. The Kier molecular flexibility index (Phi) is 8.59. The van der Waals surface area contributed by atoms with E-state index in [1.807, 2.05) is 19.1 Å². The summed E-state index contributed by atoms with van der Waals surface area (Å²) >= 11 is 0. The third kappa shape index (κ3) is 7.11. The summed E-state index contributed by atoms with van der Waals surface area (Å²) in [5, 5.41) is 2.81. The number of alkyl halides is 3. The van der Waals surface area contributed by atoms with E-state index in [1.54, 1.807) is 12.1 Å². The summed E-state index contributed by atoms with van der Waals surface area (Å²) in [4.78, 5) is 11.7. The number of rotatable bonds is 7. The van der Waals surface area contributed by atoms with Crippen molar-refractivity contribution in [3.05, 3.63) is 65.2 Å². The number of hydrogen-bond donors (Lipinski definition) is 2. The van der Waals surface area contributed by atoms with Gasteiger partial charge < -0.3 is 28.2 Å². The predicted molar refractivity (Wildman–Crippen MR) is 91.0 cm³/mol. The lowest BCUT2D eigenvalue weighted by atomic mass is 10.1. The highest BCUT2D eigenvalue weighted by Crippen LogP contribution is 2.29. The van der Waals surface area contributed by atoms with Crippen LogP contribution in [0.1, 0.15) is 30.0 Å². The molecule has 0 aliphatic heterocycles. The van der Waals surface area contributed by atoms with Gasteiger partial charge in [-0.15, -0.1) is 0 Å². The van der Waals surface area contributed by atoms with Crippen molar-refractivity contribution in [1.29, 1.82) is 0 Å². The van der Waals surface area contributed by atoms with Crippen LogP contribution in [0.2, 0.25) is 0 Å². The molecule has 0 aliphatic carbocycles. The summed E-state index contributed by atoms with van der Waals surface area (Å²) in [5.74, 6) is 0.513. The molecule has 2 aromatic carbocycles. The van der Waals surface area contributed by atoms with Crippen LogP contribution < -0.4 is 28.2 Å². The van der Waals surface area contributed by atoms with Crippen molar-refractivity contribution in [2.24, 2.45) is 0 Å². The number of nitrogens with one attached hydrogen (secondary N) is 1. The number of benzene rings is 2. The van der Waals surface area contributed by atoms with Crippen LogP contribution in [0.4, 0.5) is 13.2 Å². The van der Waals surface area contributed by atoms with E-state index in [0.29, 0.717) is 24.3 Å². The largest absolute Gasteiger partial charge is 1.00 e. The fourth-order valence-electron chi connectivity index (χ4n) is 2.18. The summed E-state index contributed by atoms with van der Waals surface area (Å²) in [6, 6.07) is 11.8. The molecule has 0 heterocycles. The van der Waals surface area contributed by atoms with Gasteiger partial charge in [0.1, 0.15) is 12.4 Å². The van der Waals surface area contributed by atoms with Crippen LogP contribution >= 0.6 is 0 Å². The van der Waals surface area contributed by atoms with Crippen molar-refractivity contribution < 1.29 is 40.8 Å². The zero-order chi connectivity index (χ0) is 19.2. The van der Waals surface area contributed by atoms with Crippen LogP contribution in [0, 0.1) is 0 Å². The average Bonchev–Trinajstić information content (AvgIpc) is 2.64. The standard InChI is InChI=1S/C19H21F3N2O2.ClH/c1-2-17(23)18(25)24-11-13-5-9-16(10-6-13)26-12-14-3-7-15(8-4-14)19(20,21)22;/h3-10,17H,2,11-12,23H2,1H3,(H,24,25);1H/t17-;/m0./s1. The highest BCUT2D eigenvalue weighted by molar-refractivity contribution is 5.79. The van der Waals surface area contributed by atoms with Gasteiger partial charge in [0.05, 0.1) is 5.56 Å². The lowest BCUT2D eigenvalue weighted by molar-refractivity contribution is -0.404. The second kappa shape index (κ2) is 10.2. The van der Waals surface area contributed by atoms with Crippen molar-refractivity contribution in [3.8, 4) is 5.75 Å². The van der Waals surface area contributed by atoms with Crippen LogP contribution in [-0.2, 0) is 24.1 Å². The van der Waals surface area contributed by atoms with E-state index >= 15 is 0 Å². The van der Waals surface area contributed by atoms with Gasteiger partial charge in [0.25, 0.3) is 5.91 Å². The number of ether oxygens (including phenoxy) is 1. The van der Waals surface area contributed by atoms with Crippen molar-refractivity contribution in [2.75, 3.05) is 0 Å². The minimum absolute atomic E-state index is 0. The van der Waals surface area contributed by atoms with Gasteiger partial charge in [0, 0.05) is 13.0 Å². The van der Waals surface area contributed by atoms with E-state index in [2.05, 4.69) is 11.1 Å². The van der Waals surface area contributed by atoms with E-state index in [4.69, 9.17) is 4.74 Å². The first-order valence-corrected chi connectivity index (χ1v) is 8.28. The third-order valence-corrected chi connectivity index (χ3v) is 3.94. The quantitative estimate of drug-likeness (QED) is 0.680. The van der Waals surface area contributed by atoms with E-state index in [9.17, 15) is 18.0 Å². The first-order valence-electron chi connectivity index (χ1n) is 8.28. The molecule has 0 saturated heterocycles. The molecule has 0 radical (unpaired) electrons. The number of amides is 1. The van der Waals surface area contributed by atoms with Gasteiger partial charge in [-0.25, -0.2) is 0 Å². The van der Waals surface area contributed by atoms with Crippen molar-refractivity contribution in [3.63, 3.8) is 0 Å². The number of quaternary nitrogens is 1. The van der Waals surface area contributed by atoms with Gasteiger partial charge in [-0.2, -0.15) is 13.2 Å². The Morgan fingerprint density at radius 3 is 2.15 bits per heavy atom. The number of hydrogen-bond acceptors (Lipinski definition) is 2. The summed E-state index contributed by atoms with van der Waals surface area (Å²) < 4.78 is 43.1. The lowest BCUT2D eigenvalue weighted by Crippen LogP contribution is -3.00. The van der Waals surface area contributed by atoms with Gasteiger partial charge in [-0.05, 0) is 35.4 Å². The number of carbonyl (C=O) groups is 1. The number of carbonyl (C=O) groups excluding carboxylic acids is 1. The summed E-state index contributed by atoms with van der Waals surface area (Å²) in [5.41, 5.74) is 4.65. The smallest absolute Gasteiger partial charge is 0.416 e. The zero-order valence-corrected chi connectivity index (χ0v) is 15.6. The van der Waals surface area contributed by atoms with Gasteiger partial charge in [-0.3, -0.25) is 4.79 Å². The summed E-state index contributed by atoms with van der Waals surface area (Å²) in [6.07, 6.45) is -3.65. The second-order valence-corrected chi connectivity index (χ2v) is 5.95. The molecular weight excluding hydrogens is 381 g/mol. The van der Waals surface area contributed by atoms with Gasteiger partial charge >= 0.3 is 6.18 Å². The predicted octanol–water partition coefficient (Wildman–Crippen LogP) is -0.0749. The van der Waals surface area contributed by atoms with Crippen LogP contribution in [0.15, 0.2) is 48.5 Å². The molecule has 0 aromatic heterocycles. The maximum absolute atomic E-state index is 12.5. The van der Waals surface area contributed by atoms with Crippen LogP contribution in [0.5, 0.6) is 5.75 Å². The minimum Gasteiger partial charge on any atom is -1.00 e. The van der Waals surface area contributed by atoms with Gasteiger partial charge in [0.15, 0.2) is 6.04 Å². The normalized spacial score (nSPS) is 12.0. The highest BCUT2D eigenvalue weighted by Gasteiger charge is 2.29. The molecule has 27 heavy (non-hydrogen) atoms. The van der Waals surface area contributed by atoms with Crippen molar-refractivity contribution in [1.82, 2.24) is 5.32 Å². The molecule has 0 bridgehead atoms. The van der Waals surface area contributed by atoms with E-state index in [-0.39, 0.29) is 31.0 Å². The Bertz CT molecular complexity index is 719. The zero-order valence-electron chi connectivity index (χ0n) is 14.9. The third-order valence-electron chi connectivity index (χ3n) is 3.94. The molecule has 2 rings (SSSR count). The molecule has 0 unspecified atom stereocenters. The Morgan fingerprint density at radius 2 is 1.63 bits per heavy atom. The lowest BCUT2D eigenvalue weighted by Gasteiger charge is -2.10. The number of halogens is 4. The summed E-state index contributed by atoms with van der Waals surface area (Å²) in [6.45, 7) is 2.48. The fraction of sp³-hybridized carbons (Fsp3) is 0.316. The average molecular weight is 403 g/mol. The fourth-order valence-corrected chi connectivity index (χ4v) is 2.18. The Balaban J connectivity index is 0.00000364. The molecule has 2 aromatic rings. The van der Waals surface area contributed by atoms with E-state index < -0.39 is 11.7 Å². The molecule has 4 N–H and O–H groups in total. The van der Waals surface area contributed by atoms with Gasteiger partial charge in [-0.1, -0.05) is 31.2 Å². The molecule has 0 fully saturated rings. The van der Waals surface area contributed by atoms with Crippen LogP contribution in [-0.4, -0.2) is 11.9 Å². The van der Waals surface area contributed by atoms with Crippen LogP contribution in [0.3, 0.4) is 0 Å². The molecule has 1 atom stereocenters. The van der Waals surface area contributed by atoms with E-state index in [1.165, 1.54) is 12.1 Å². The molecule has 4 nitrogen and oxygen atoms in total. The molecule has 1 amide bonds. The first-order chi connectivity index (χ1) is 12.3. The second-order valence-electron chi connectivity index (χ2n) is 5.95. The minimum atomic E-state index is -4.34. The van der Waals surface area contributed by atoms with Crippen molar-refractivity contribution in [2.45, 2.75) is 38.7 Å². The highest BCUT2D eigenvalue weighted by atomic mass is 35.5. The maximum Gasteiger partial charge on any atom is 0.416 e. The topological polar surface area (TPSA) is 66.0 Å².